The molecule has 4 nitrogen and oxygen atoms in total. The van der Waals surface area contributed by atoms with Crippen LogP contribution < -0.4 is 5.73 Å². The highest BCUT2D eigenvalue weighted by molar-refractivity contribution is 6.08. The van der Waals surface area contributed by atoms with Gasteiger partial charge in [0.05, 0.1) is 12.3 Å². The first-order valence-corrected chi connectivity index (χ1v) is 6.61. The van der Waals surface area contributed by atoms with E-state index in [1.807, 2.05) is 0 Å². The molecular formula is C15H17FN2O2. The summed E-state index contributed by atoms with van der Waals surface area (Å²) in [6.07, 6.45) is 2.20. The molecule has 2 rings (SSSR count). The third-order valence-corrected chi connectivity index (χ3v) is 3.12. The molecule has 1 fully saturated rings. The van der Waals surface area contributed by atoms with Crippen molar-refractivity contribution in [3.05, 3.63) is 41.4 Å². The minimum atomic E-state index is -0.536. The minimum Gasteiger partial charge on any atom is -0.461 e. The number of nitrogens with zero attached hydrogens (tertiary/aromatic N) is 1. The van der Waals surface area contributed by atoms with Crippen LogP contribution in [0.3, 0.4) is 0 Å². The molecular weight excluding hydrogens is 259 g/mol. The van der Waals surface area contributed by atoms with Crippen LogP contribution in [0.5, 0.6) is 0 Å². The molecule has 0 bridgehead atoms. The fourth-order valence-electron chi connectivity index (χ4n) is 2.16. The molecule has 1 saturated carbocycles. The van der Waals surface area contributed by atoms with Crippen LogP contribution in [0.25, 0.3) is 0 Å². The summed E-state index contributed by atoms with van der Waals surface area (Å²) in [5, 5.41) is 0. The van der Waals surface area contributed by atoms with E-state index in [0.717, 1.165) is 6.42 Å². The summed E-state index contributed by atoms with van der Waals surface area (Å²) in [6, 6.07) is 6.28. The number of hydrogen-bond donors (Lipinski definition) is 1. The second-order valence-corrected chi connectivity index (χ2v) is 4.48. The molecule has 0 aliphatic heterocycles. The summed E-state index contributed by atoms with van der Waals surface area (Å²) in [5.74, 6) is -0.924. The molecule has 0 unspecified atom stereocenters. The smallest absolute Gasteiger partial charge is 0.354 e. The van der Waals surface area contributed by atoms with Gasteiger partial charge in [-0.25, -0.2) is 9.18 Å². The largest absolute Gasteiger partial charge is 0.461 e. The van der Waals surface area contributed by atoms with E-state index in [9.17, 15) is 9.18 Å². The van der Waals surface area contributed by atoms with Crippen molar-refractivity contribution >= 4 is 17.4 Å². The third kappa shape index (κ3) is 3.04. The molecule has 106 valence electrons. The molecule has 0 atom stereocenters. The van der Waals surface area contributed by atoms with Gasteiger partial charge in [0.1, 0.15) is 11.5 Å². The van der Waals surface area contributed by atoms with Crippen LogP contribution in [0.2, 0.25) is 0 Å². The van der Waals surface area contributed by atoms with Crippen LogP contribution in [0.1, 0.15) is 26.2 Å². The Morgan fingerprint density at radius 1 is 1.40 bits per heavy atom. The Kier molecular flexibility index (Phi) is 4.50. The van der Waals surface area contributed by atoms with Gasteiger partial charge in [0.15, 0.2) is 0 Å². The number of esters is 1. The monoisotopic (exact) mass is 276 g/mol. The van der Waals surface area contributed by atoms with Crippen molar-refractivity contribution in [3.8, 4) is 0 Å². The van der Waals surface area contributed by atoms with E-state index < -0.39 is 5.97 Å². The maximum atomic E-state index is 13.6. The molecule has 0 aromatic heterocycles. The van der Waals surface area contributed by atoms with Gasteiger partial charge in [-0.3, -0.25) is 4.99 Å². The quantitative estimate of drug-likeness (QED) is 0.682. The van der Waals surface area contributed by atoms with Crippen LogP contribution in [0.15, 0.2) is 40.5 Å². The van der Waals surface area contributed by atoms with E-state index in [0.29, 0.717) is 24.1 Å². The molecule has 0 saturated heterocycles. The molecule has 1 aliphatic rings. The van der Waals surface area contributed by atoms with Crippen molar-refractivity contribution in [2.75, 3.05) is 6.61 Å². The lowest BCUT2D eigenvalue weighted by molar-refractivity contribution is -0.138. The summed E-state index contributed by atoms with van der Waals surface area (Å²) in [7, 11) is 0. The Bertz CT molecular complexity index is 579. The zero-order valence-corrected chi connectivity index (χ0v) is 11.4. The van der Waals surface area contributed by atoms with Crippen molar-refractivity contribution < 1.29 is 13.9 Å². The summed E-state index contributed by atoms with van der Waals surface area (Å²) >= 11 is 0. The Morgan fingerprint density at radius 3 is 2.85 bits per heavy atom. The first kappa shape index (κ1) is 14.2. The standard InChI is InChI=1S/C15H17FN2O2/c1-2-20-15(19)14(17)10-6-5-9-12(10)18-13-8-4-3-7-11(13)16/h3-4,7-8H,2,5-6,9,17H2,1H3. The van der Waals surface area contributed by atoms with E-state index in [1.165, 1.54) is 6.07 Å². The first-order valence-electron chi connectivity index (χ1n) is 6.61. The van der Waals surface area contributed by atoms with Crippen LogP contribution >= 0.6 is 0 Å². The average Bonchev–Trinajstić information content (AvgIpc) is 2.89. The van der Waals surface area contributed by atoms with E-state index >= 15 is 0 Å². The van der Waals surface area contributed by atoms with E-state index in [-0.39, 0.29) is 23.8 Å². The molecule has 5 heteroatoms. The summed E-state index contributed by atoms with van der Waals surface area (Å²) in [4.78, 5) is 16.0. The van der Waals surface area contributed by atoms with Crippen molar-refractivity contribution in [2.45, 2.75) is 26.2 Å². The number of carbonyl (C=O) groups excluding carboxylic acids is 1. The summed E-state index contributed by atoms with van der Waals surface area (Å²) in [5.41, 5.74) is 7.51. The summed E-state index contributed by atoms with van der Waals surface area (Å²) < 4.78 is 18.5. The minimum absolute atomic E-state index is 0.0828. The molecule has 0 spiro atoms. The Hall–Kier alpha value is -2.17. The van der Waals surface area contributed by atoms with E-state index in [2.05, 4.69) is 4.99 Å². The first-order chi connectivity index (χ1) is 9.63. The topological polar surface area (TPSA) is 64.7 Å². The predicted molar refractivity (Wildman–Crippen MR) is 75.2 cm³/mol. The zero-order chi connectivity index (χ0) is 14.5. The second kappa shape index (κ2) is 6.32. The number of aliphatic imine (C=N–C) groups is 1. The Balaban J connectivity index is 2.34. The predicted octanol–water partition coefficient (Wildman–Crippen LogP) is 2.86. The van der Waals surface area contributed by atoms with E-state index in [1.54, 1.807) is 25.1 Å². The van der Waals surface area contributed by atoms with Gasteiger partial charge in [0, 0.05) is 11.3 Å². The summed E-state index contributed by atoms with van der Waals surface area (Å²) in [6.45, 7) is 1.99. The van der Waals surface area contributed by atoms with Crippen molar-refractivity contribution in [1.29, 1.82) is 0 Å². The number of ether oxygens (including phenoxy) is 1. The number of rotatable bonds is 3. The highest BCUT2D eigenvalue weighted by Gasteiger charge is 2.23. The number of carbonyl (C=O) groups is 1. The molecule has 20 heavy (non-hydrogen) atoms. The zero-order valence-electron chi connectivity index (χ0n) is 11.4. The molecule has 1 aromatic carbocycles. The van der Waals surface area contributed by atoms with E-state index in [4.69, 9.17) is 10.5 Å². The van der Waals surface area contributed by atoms with Crippen LogP contribution in [-0.4, -0.2) is 18.3 Å². The van der Waals surface area contributed by atoms with Gasteiger partial charge in [0.25, 0.3) is 0 Å². The highest BCUT2D eigenvalue weighted by Crippen LogP contribution is 2.28. The maximum absolute atomic E-state index is 13.6. The van der Waals surface area contributed by atoms with Gasteiger partial charge in [-0.15, -0.1) is 0 Å². The lowest BCUT2D eigenvalue weighted by Gasteiger charge is -2.07. The highest BCUT2D eigenvalue weighted by atomic mass is 19.1. The van der Waals surface area contributed by atoms with Gasteiger partial charge in [0.2, 0.25) is 0 Å². The molecule has 1 aliphatic carbocycles. The van der Waals surface area contributed by atoms with Gasteiger partial charge < -0.3 is 10.5 Å². The molecule has 0 heterocycles. The Labute approximate surface area is 117 Å². The van der Waals surface area contributed by atoms with Crippen molar-refractivity contribution in [1.82, 2.24) is 0 Å². The second-order valence-electron chi connectivity index (χ2n) is 4.48. The number of hydrogen-bond acceptors (Lipinski definition) is 4. The van der Waals surface area contributed by atoms with Crippen molar-refractivity contribution in [3.63, 3.8) is 0 Å². The maximum Gasteiger partial charge on any atom is 0.354 e. The molecule has 0 amide bonds. The number of benzene rings is 1. The lowest BCUT2D eigenvalue weighted by atomic mass is 10.1. The van der Waals surface area contributed by atoms with Gasteiger partial charge in [-0.1, -0.05) is 12.1 Å². The van der Waals surface area contributed by atoms with Crippen LogP contribution in [-0.2, 0) is 9.53 Å². The SMILES string of the molecule is CCOC(=O)C(N)=C1CCCC1=Nc1ccccc1F. The fourth-order valence-corrected chi connectivity index (χ4v) is 2.16. The molecule has 2 N–H and O–H groups in total. The van der Waals surface area contributed by atoms with Gasteiger partial charge in [-0.2, -0.15) is 0 Å². The van der Waals surface area contributed by atoms with Gasteiger partial charge >= 0.3 is 5.97 Å². The Morgan fingerprint density at radius 2 is 2.15 bits per heavy atom. The molecule has 0 radical (unpaired) electrons. The third-order valence-electron chi connectivity index (χ3n) is 3.12. The van der Waals surface area contributed by atoms with Crippen LogP contribution in [0.4, 0.5) is 10.1 Å². The number of nitrogens with two attached hydrogens (primary N) is 1. The lowest BCUT2D eigenvalue weighted by Crippen LogP contribution is -2.18. The number of para-hydroxylation sites is 1. The number of halogens is 1. The normalized spacial score (nSPS) is 19.2. The van der Waals surface area contributed by atoms with Gasteiger partial charge in [-0.05, 0) is 38.3 Å². The molecule has 1 aromatic rings. The van der Waals surface area contributed by atoms with Crippen molar-refractivity contribution in [2.24, 2.45) is 10.7 Å². The average molecular weight is 276 g/mol. The fraction of sp³-hybridized carbons (Fsp3) is 0.333. The number of allylic oxidation sites excluding steroid dienone is 1. The van der Waals surface area contributed by atoms with Crippen LogP contribution in [0, 0.1) is 5.82 Å².